The summed E-state index contributed by atoms with van der Waals surface area (Å²) in [5.74, 6) is 0.558. The largest absolute Gasteiger partial charge is 0.494 e. The first-order chi connectivity index (χ1) is 6.83. The summed E-state index contributed by atoms with van der Waals surface area (Å²) in [5.41, 5.74) is 1.32. The summed E-state index contributed by atoms with van der Waals surface area (Å²) >= 11 is 0. The number of benzene rings is 1. The zero-order chi connectivity index (χ0) is 10.4. The summed E-state index contributed by atoms with van der Waals surface area (Å²) in [6.45, 7) is 0. The van der Waals surface area contributed by atoms with Gasteiger partial charge in [0.05, 0.1) is 7.11 Å². The predicted octanol–water partition coefficient (Wildman–Crippen LogP) is 1.42. The van der Waals surface area contributed by atoms with E-state index < -0.39 is 0 Å². The van der Waals surface area contributed by atoms with Crippen LogP contribution < -0.4 is 5.32 Å². The molecule has 3 heteroatoms. The van der Waals surface area contributed by atoms with E-state index in [1.165, 1.54) is 0 Å². The average Bonchev–Trinajstić information content (AvgIpc) is 2.27. The van der Waals surface area contributed by atoms with Gasteiger partial charge in [-0.25, -0.2) is 0 Å². The Bertz CT molecular complexity index is 330. The van der Waals surface area contributed by atoms with Crippen molar-refractivity contribution in [3.05, 3.63) is 41.6 Å². The first-order valence-corrected chi connectivity index (χ1v) is 4.30. The van der Waals surface area contributed by atoms with Gasteiger partial charge in [0, 0.05) is 12.6 Å². The Hall–Kier alpha value is -1.77. The van der Waals surface area contributed by atoms with Crippen molar-refractivity contribution in [1.82, 2.24) is 5.32 Å². The molecule has 0 radical (unpaired) electrons. The molecule has 0 heterocycles. The van der Waals surface area contributed by atoms with Gasteiger partial charge in [-0.1, -0.05) is 30.3 Å². The van der Waals surface area contributed by atoms with E-state index in [0.717, 1.165) is 11.8 Å². The van der Waals surface area contributed by atoms with Crippen LogP contribution in [0.2, 0.25) is 0 Å². The summed E-state index contributed by atoms with van der Waals surface area (Å²) in [5, 5.41) is 2.79. The molecule has 0 spiro atoms. The first kappa shape index (κ1) is 10.3. The number of likely N-dealkylation sites (N-methyl/N-ethyl adjacent to an activating group) is 1. The summed E-state index contributed by atoms with van der Waals surface area (Å²) in [7, 11) is 3.23. The van der Waals surface area contributed by atoms with Crippen LogP contribution in [0.25, 0.3) is 5.76 Å². The Morgan fingerprint density at radius 3 is 2.43 bits per heavy atom. The zero-order valence-electron chi connectivity index (χ0n) is 8.28. The second-order valence-corrected chi connectivity index (χ2v) is 2.68. The third-order valence-electron chi connectivity index (χ3n) is 1.87. The minimum Gasteiger partial charge on any atom is -0.494 e. The maximum atomic E-state index is 10.7. The molecule has 0 atom stereocenters. The molecule has 1 rings (SSSR count). The lowest BCUT2D eigenvalue weighted by molar-refractivity contribution is -0.105. The number of ether oxygens (including phenoxy) is 1. The van der Waals surface area contributed by atoms with Crippen LogP contribution in [-0.2, 0) is 9.53 Å². The molecule has 3 nitrogen and oxygen atoms in total. The standard InChI is InChI=1S/C11H13NO2/c1-12-10(8-13)11(14-2)9-6-4-3-5-7-9/h3-8,12H,1-2H3/b11-10-. The van der Waals surface area contributed by atoms with Crippen molar-refractivity contribution in [2.24, 2.45) is 0 Å². The Morgan fingerprint density at radius 1 is 1.36 bits per heavy atom. The van der Waals surface area contributed by atoms with Gasteiger partial charge in [-0.3, -0.25) is 4.79 Å². The van der Waals surface area contributed by atoms with Crippen LogP contribution in [0.15, 0.2) is 36.0 Å². The maximum absolute atomic E-state index is 10.7. The Morgan fingerprint density at radius 2 is 2.00 bits per heavy atom. The summed E-state index contributed by atoms with van der Waals surface area (Å²) in [6, 6.07) is 9.48. The van der Waals surface area contributed by atoms with E-state index in [-0.39, 0.29) is 0 Å². The van der Waals surface area contributed by atoms with Crippen LogP contribution in [0.3, 0.4) is 0 Å². The Kier molecular flexibility index (Phi) is 3.73. The number of carbonyl (C=O) groups excluding carboxylic acids is 1. The predicted molar refractivity (Wildman–Crippen MR) is 55.5 cm³/mol. The Labute approximate surface area is 83.4 Å². The van der Waals surface area contributed by atoms with E-state index in [4.69, 9.17) is 4.74 Å². The van der Waals surface area contributed by atoms with Crippen molar-refractivity contribution in [1.29, 1.82) is 0 Å². The number of nitrogens with one attached hydrogen (secondary N) is 1. The fraction of sp³-hybridized carbons (Fsp3) is 0.182. The third kappa shape index (κ3) is 2.13. The fourth-order valence-corrected chi connectivity index (χ4v) is 1.20. The van der Waals surface area contributed by atoms with Crippen molar-refractivity contribution in [2.75, 3.05) is 14.2 Å². The minimum absolute atomic E-state index is 0.443. The van der Waals surface area contributed by atoms with Gasteiger partial charge < -0.3 is 10.1 Å². The highest BCUT2D eigenvalue weighted by atomic mass is 16.5. The molecule has 0 saturated heterocycles. The van der Waals surface area contributed by atoms with Gasteiger partial charge in [0.15, 0.2) is 12.0 Å². The monoisotopic (exact) mass is 191 g/mol. The van der Waals surface area contributed by atoms with Gasteiger partial charge in [-0.05, 0) is 0 Å². The van der Waals surface area contributed by atoms with E-state index >= 15 is 0 Å². The highest BCUT2D eigenvalue weighted by molar-refractivity contribution is 5.84. The van der Waals surface area contributed by atoms with E-state index in [0.29, 0.717) is 11.5 Å². The van der Waals surface area contributed by atoms with Crippen LogP contribution in [0.1, 0.15) is 5.56 Å². The number of hydrogen-bond acceptors (Lipinski definition) is 3. The van der Waals surface area contributed by atoms with Gasteiger partial charge in [0.2, 0.25) is 0 Å². The van der Waals surface area contributed by atoms with Crippen LogP contribution in [0, 0.1) is 0 Å². The molecular weight excluding hydrogens is 178 g/mol. The molecule has 14 heavy (non-hydrogen) atoms. The molecule has 0 aromatic heterocycles. The topological polar surface area (TPSA) is 38.3 Å². The highest BCUT2D eigenvalue weighted by Crippen LogP contribution is 2.16. The number of hydrogen-bond donors (Lipinski definition) is 1. The van der Waals surface area contributed by atoms with Gasteiger partial charge in [0.25, 0.3) is 0 Å². The molecule has 1 aromatic rings. The smallest absolute Gasteiger partial charge is 0.169 e. The molecular formula is C11H13NO2. The average molecular weight is 191 g/mol. The van der Waals surface area contributed by atoms with E-state index in [9.17, 15) is 4.79 Å². The maximum Gasteiger partial charge on any atom is 0.169 e. The number of allylic oxidation sites excluding steroid dienone is 1. The van der Waals surface area contributed by atoms with Gasteiger partial charge in [-0.15, -0.1) is 0 Å². The molecule has 74 valence electrons. The van der Waals surface area contributed by atoms with Crippen molar-refractivity contribution >= 4 is 12.0 Å². The van der Waals surface area contributed by atoms with E-state index in [2.05, 4.69) is 5.32 Å². The highest BCUT2D eigenvalue weighted by Gasteiger charge is 2.06. The van der Waals surface area contributed by atoms with Crippen LogP contribution in [-0.4, -0.2) is 20.4 Å². The Balaban J connectivity index is 3.15. The lowest BCUT2D eigenvalue weighted by Gasteiger charge is -2.09. The molecule has 0 fully saturated rings. The molecule has 0 saturated carbocycles. The summed E-state index contributed by atoms with van der Waals surface area (Å²) in [6.07, 6.45) is 0.742. The number of aldehydes is 1. The second kappa shape index (κ2) is 5.07. The molecule has 1 aromatic carbocycles. The normalized spacial score (nSPS) is 11.6. The molecule has 0 aliphatic rings. The number of rotatable bonds is 4. The number of methoxy groups -OCH3 is 1. The fourth-order valence-electron chi connectivity index (χ4n) is 1.20. The van der Waals surface area contributed by atoms with Gasteiger partial charge in [0.1, 0.15) is 5.70 Å². The second-order valence-electron chi connectivity index (χ2n) is 2.68. The molecule has 0 bridgehead atoms. The molecule has 0 unspecified atom stereocenters. The molecule has 0 amide bonds. The first-order valence-electron chi connectivity index (χ1n) is 4.30. The molecule has 0 aliphatic heterocycles. The lowest BCUT2D eigenvalue weighted by Crippen LogP contribution is -2.10. The zero-order valence-corrected chi connectivity index (χ0v) is 8.28. The van der Waals surface area contributed by atoms with Crippen molar-refractivity contribution in [2.45, 2.75) is 0 Å². The summed E-state index contributed by atoms with van der Waals surface area (Å²) in [4.78, 5) is 10.7. The van der Waals surface area contributed by atoms with E-state index in [1.807, 2.05) is 30.3 Å². The SMILES string of the molecule is CN/C(C=O)=C(\OC)c1ccccc1. The van der Waals surface area contributed by atoms with Crippen molar-refractivity contribution < 1.29 is 9.53 Å². The van der Waals surface area contributed by atoms with Crippen LogP contribution >= 0.6 is 0 Å². The van der Waals surface area contributed by atoms with Gasteiger partial charge >= 0.3 is 0 Å². The van der Waals surface area contributed by atoms with Crippen molar-refractivity contribution in [3.63, 3.8) is 0 Å². The van der Waals surface area contributed by atoms with Crippen LogP contribution in [0.4, 0.5) is 0 Å². The third-order valence-corrected chi connectivity index (χ3v) is 1.87. The molecule has 0 aliphatic carbocycles. The van der Waals surface area contributed by atoms with E-state index in [1.54, 1.807) is 14.2 Å². The minimum atomic E-state index is 0.443. The lowest BCUT2D eigenvalue weighted by atomic mass is 10.1. The summed E-state index contributed by atoms with van der Waals surface area (Å²) < 4.78 is 5.17. The van der Waals surface area contributed by atoms with Crippen molar-refractivity contribution in [3.8, 4) is 0 Å². The number of carbonyl (C=O) groups is 1. The quantitative estimate of drug-likeness (QED) is 0.444. The van der Waals surface area contributed by atoms with Gasteiger partial charge in [-0.2, -0.15) is 0 Å². The molecule has 1 N–H and O–H groups in total. The van der Waals surface area contributed by atoms with Crippen LogP contribution in [0.5, 0.6) is 0 Å².